The molecule has 0 fully saturated rings. The monoisotopic (exact) mass is 207 g/mol. The molecule has 5 heteroatoms. The average Bonchev–Trinajstić information content (AvgIpc) is 2.28. The zero-order valence-corrected chi connectivity index (χ0v) is 7.90. The molecule has 0 bridgehead atoms. The van der Waals surface area contributed by atoms with E-state index < -0.39 is 0 Å². The first-order valence-corrected chi connectivity index (χ1v) is 4.47. The minimum Gasteiger partial charge on any atom is -0.507 e. The number of carbonyl (C=O) groups excluding carboxylic acids is 1. The molecular formula is C10H9NO4. The molecule has 0 spiro atoms. The average molecular weight is 207 g/mol. The summed E-state index contributed by atoms with van der Waals surface area (Å²) in [6, 6.07) is 3.11. The van der Waals surface area contributed by atoms with Crippen molar-refractivity contribution >= 4 is 6.08 Å². The first-order valence-electron chi connectivity index (χ1n) is 4.47. The first-order chi connectivity index (χ1) is 7.33. The van der Waals surface area contributed by atoms with Crippen molar-refractivity contribution in [2.75, 3.05) is 13.2 Å². The predicted octanol–water partition coefficient (Wildman–Crippen LogP) is 0.999. The summed E-state index contributed by atoms with van der Waals surface area (Å²) in [7, 11) is 0. The molecule has 5 nitrogen and oxygen atoms in total. The largest absolute Gasteiger partial charge is 0.507 e. The summed E-state index contributed by atoms with van der Waals surface area (Å²) in [6.07, 6.45) is 1.42. The second kappa shape index (κ2) is 4.02. The normalized spacial score (nSPS) is 13.1. The molecule has 0 atom stereocenters. The lowest BCUT2D eigenvalue weighted by Crippen LogP contribution is -2.16. The maximum absolute atomic E-state index is 10.0. The van der Waals surface area contributed by atoms with Crippen LogP contribution in [-0.4, -0.2) is 24.4 Å². The van der Waals surface area contributed by atoms with Crippen LogP contribution < -0.4 is 9.47 Å². The number of phenolic OH excluding ortho intramolecular Hbond substituents is 1. The third-order valence-corrected chi connectivity index (χ3v) is 2.09. The van der Waals surface area contributed by atoms with E-state index in [1.807, 2.05) is 0 Å². The van der Waals surface area contributed by atoms with Crippen molar-refractivity contribution in [3.05, 3.63) is 17.7 Å². The van der Waals surface area contributed by atoms with Gasteiger partial charge in [0.05, 0.1) is 12.1 Å². The molecule has 1 N–H and O–H groups in total. The van der Waals surface area contributed by atoms with Gasteiger partial charge in [0.15, 0.2) is 11.5 Å². The van der Waals surface area contributed by atoms with Crippen LogP contribution in [0.2, 0.25) is 0 Å². The second-order valence-electron chi connectivity index (χ2n) is 2.99. The van der Waals surface area contributed by atoms with Gasteiger partial charge in [-0.15, -0.1) is 0 Å². The fourth-order valence-electron chi connectivity index (χ4n) is 1.43. The Morgan fingerprint density at radius 3 is 3.00 bits per heavy atom. The fraction of sp³-hybridized carbons (Fsp3) is 0.300. The zero-order valence-electron chi connectivity index (χ0n) is 7.90. The summed E-state index contributed by atoms with van der Waals surface area (Å²) in [5.74, 6) is 1.06. The summed E-state index contributed by atoms with van der Waals surface area (Å²) in [5, 5.41) is 9.57. The highest BCUT2D eigenvalue weighted by Crippen LogP contribution is 2.39. The van der Waals surface area contributed by atoms with Crippen molar-refractivity contribution in [1.29, 1.82) is 0 Å². The SMILES string of the molecule is O=C=NCc1c(O)ccc2c1OCCO2. The topological polar surface area (TPSA) is 68.1 Å². The minimum absolute atomic E-state index is 0.0400. The molecular weight excluding hydrogens is 198 g/mol. The number of rotatable bonds is 2. The van der Waals surface area contributed by atoms with Gasteiger partial charge in [-0.1, -0.05) is 0 Å². The lowest BCUT2D eigenvalue weighted by molar-refractivity contribution is 0.169. The van der Waals surface area contributed by atoms with Crippen LogP contribution in [0, 0.1) is 0 Å². The molecule has 1 aliphatic rings. The highest BCUT2D eigenvalue weighted by atomic mass is 16.6. The fourth-order valence-corrected chi connectivity index (χ4v) is 1.43. The number of hydrogen-bond donors (Lipinski definition) is 1. The molecule has 1 heterocycles. The van der Waals surface area contributed by atoms with E-state index in [9.17, 15) is 9.90 Å². The van der Waals surface area contributed by atoms with Gasteiger partial charge in [0.25, 0.3) is 0 Å². The van der Waals surface area contributed by atoms with Crippen LogP contribution in [0.4, 0.5) is 0 Å². The van der Waals surface area contributed by atoms with E-state index in [1.165, 1.54) is 12.1 Å². The first kappa shape index (κ1) is 9.55. The highest BCUT2D eigenvalue weighted by molar-refractivity contribution is 5.54. The highest BCUT2D eigenvalue weighted by Gasteiger charge is 2.18. The van der Waals surface area contributed by atoms with Crippen LogP contribution in [0.15, 0.2) is 17.1 Å². The van der Waals surface area contributed by atoms with E-state index in [2.05, 4.69) is 4.99 Å². The second-order valence-corrected chi connectivity index (χ2v) is 2.99. The Kier molecular flexibility index (Phi) is 2.56. The van der Waals surface area contributed by atoms with Crippen LogP contribution in [0.1, 0.15) is 5.56 Å². The quantitative estimate of drug-likeness (QED) is 0.580. The zero-order chi connectivity index (χ0) is 10.7. The van der Waals surface area contributed by atoms with Crippen molar-refractivity contribution in [3.8, 4) is 17.2 Å². The number of nitrogens with zero attached hydrogens (tertiary/aromatic N) is 1. The number of aromatic hydroxyl groups is 1. The smallest absolute Gasteiger partial charge is 0.235 e. The van der Waals surface area contributed by atoms with Gasteiger partial charge in [-0.25, -0.2) is 9.79 Å². The van der Waals surface area contributed by atoms with Crippen molar-refractivity contribution in [2.24, 2.45) is 4.99 Å². The van der Waals surface area contributed by atoms with Crippen molar-refractivity contribution in [1.82, 2.24) is 0 Å². The van der Waals surface area contributed by atoms with Gasteiger partial charge in [-0.05, 0) is 12.1 Å². The van der Waals surface area contributed by atoms with Crippen LogP contribution in [0.3, 0.4) is 0 Å². The Labute approximate surface area is 86.0 Å². The lowest BCUT2D eigenvalue weighted by atomic mass is 10.1. The maximum atomic E-state index is 10.0. The Bertz CT molecular complexity index is 424. The Morgan fingerprint density at radius 1 is 1.40 bits per heavy atom. The Morgan fingerprint density at radius 2 is 2.20 bits per heavy atom. The van der Waals surface area contributed by atoms with Gasteiger partial charge in [0.1, 0.15) is 19.0 Å². The molecule has 0 aliphatic carbocycles. The minimum atomic E-state index is 0.0400. The summed E-state index contributed by atoms with van der Waals surface area (Å²) >= 11 is 0. The molecule has 0 saturated carbocycles. The molecule has 0 unspecified atom stereocenters. The van der Waals surface area contributed by atoms with Gasteiger partial charge in [0.2, 0.25) is 6.08 Å². The standard InChI is InChI=1S/C10H9NO4/c12-6-11-5-7-8(13)1-2-9-10(7)15-4-3-14-9/h1-2,13H,3-5H2. The summed E-state index contributed by atoms with van der Waals surface area (Å²) in [5.41, 5.74) is 0.454. The van der Waals surface area contributed by atoms with Gasteiger partial charge in [-0.2, -0.15) is 0 Å². The van der Waals surface area contributed by atoms with Crippen LogP contribution in [0.5, 0.6) is 17.2 Å². The lowest BCUT2D eigenvalue weighted by Gasteiger charge is -2.20. The third kappa shape index (κ3) is 1.78. The molecule has 2 rings (SSSR count). The van der Waals surface area contributed by atoms with E-state index >= 15 is 0 Å². The van der Waals surface area contributed by atoms with Crippen molar-refractivity contribution in [2.45, 2.75) is 6.54 Å². The van der Waals surface area contributed by atoms with E-state index in [-0.39, 0.29) is 12.3 Å². The number of isocyanates is 1. The third-order valence-electron chi connectivity index (χ3n) is 2.09. The molecule has 0 radical (unpaired) electrons. The van der Waals surface area contributed by atoms with Gasteiger partial charge < -0.3 is 14.6 Å². The van der Waals surface area contributed by atoms with Crippen molar-refractivity contribution < 1.29 is 19.4 Å². The molecule has 1 aromatic carbocycles. The van der Waals surface area contributed by atoms with Gasteiger partial charge in [-0.3, -0.25) is 0 Å². The Hall–Kier alpha value is -2.00. The molecule has 0 aromatic heterocycles. The molecule has 78 valence electrons. The maximum Gasteiger partial charge on any atom is 0.235 e. The number of aliphatic imine (C=N–C) groups is 1. The van der Waals surface area contributed by atoms with Crippen molar-refractivity contribution in [3.63, 3.8) is 0 Å². The summed E-state index contributed by atoms with van der Waals surface area (Å²) in [6.45, 7) is 0.949. The molecule has 15 heavy (non-hydrogen) atoms. The Balaban J connectivity index is 2.44. The molecule has 1 aliphatic heterocycles. The van der Waals surface area contributed by atoms with E-state index in [0.717, 1.165) is 0 Å². The molecule has 0 amide bonds. The number of benzene rings is 1. The number of ether oxygens (including phenoxy) is 2. The van der Waals surface area contributed by atoms with Crippen LogP contribution in [0.25, 0.3) is 0 Å². The van der Waals surface area contributed by atoms with Gasteiger partial charge in [0, 0.05) is 0 Å². The number of phenols is 1. The van der Waals surface area contributed by atoms with E-state index in [4.69, 9.17) is 9.47 Å². The summed E-state index contributed by atoms with van der Waals surface area (Å²) < 4.78 is 10.7. The number of fused-ring (bicyclic) bond motifs is 1. The molecule has 1 aromatic rings. The van der Waals surface area contributed by atoms with Crippen LogP contribution in [-0.2, 0) is 11.3 Å². The van der Waals surface area contributed by atoms with Gasteiger partial charge >= 0.3 is 0 Å². The van der Waals surface area contributed by atoms with Crippen LogP contribution >= 0.6 is 0 Å². The molecule has 0 saturated heterocycles. The van der Waals surface area contributed by atoms with E-state index in [0.29, 0.717) is 30.3 Å². The summed E-state index contributed by atoms with van der Waals surface area (Å²) in [4.78, 5) is 13.4. The number of hydrogen-bond acceptors (Lipinski definition) is 5. The predicted molar refractivity (Wildman–Crippen MR) is 50.9 cm³/mol. The van der Waals surface area contributed by atoms with E-state index in [1.54, 1.807) is 6.07 Å².